The van der Waals surface area contributed by atoms with Crippen molar-refractivity contribution in [3.05, 3.63) is 11.6 Å². The summed E-state index contributed by atoms with van der Waals surface area (Å²) >= 11 is 0. The van der Waals surface area contributed by atoms with Crippen LogP contribution in [0.1, 0.15) is 53.4 Å². The summed E-state index contributed by atoms with van der Waals surface area (Å²) in [4.78, 5) is 0. The van der Waals surface area contributed by atoms with Crippen LogP contribution in [-0.2, 0) is 0 Å². The first-order valence-electron chi connectivity index (χ1n) is 6.52. The quantitative estimate of drug-likeness (QED) is 0.680. The molecule has 1 heteroatoms. The van der Waals surface area contributed by atoms with Crippen molar-refractivity contribution in [2.45, 2.75) is 59.4 Å². The Balaban J connectivity index is 2.51. The lowest BCUT2D eigenvalue weighted by molar-refractivity contribution is 0.401. The average molecular weight is 209 g/mol. The molecule has 15 heavy (non-hydrogen) atoms. The van der Waals surface area contributed by atoms with E-state index in [4.69, 9.17) is 0 Å². The van der Waals surface area contributed by atoms with E-state index in [0.717, 1.165) is 18.4 Å². The second kappa shape index (κ2) is 6.32. The number of rotatable bonds is 5. The van der Waals surface area contributed by atoms with Gasteiger partial charge in [0.25, 0.3) is 0 Å². The van der Waals surface area contributed by atoms with Gasteiger partial charge in [-0.25, -0.2) is 0 Å². The van der Waals surface area contributed by atoms with Gasteiger partial charge in [0, 0.05) is 6.04 Å². The third kappa shape index (κ3) is 4.38. The van der Waals surface area contributed by atoms with Crippen LogP contribution in [0.5, 0.6) is 0 Å². The summed E-state index contributed by atoms with van der Waals surface area (Å²) in [6.45, 7) is 10.2. The van der Waals surface area contributed by atoms with E-state index in [0.29, 0.717) is 6.04 Å². The topological polar surface area (TPSA) is 12.0 Å². The highest BCUT2D eigenvalue weighted by Gasteiger charge is 2.26. The Morgan fingerprint density at radius 1 is 1.40 bits per heavy atom. The lowest BCUT2D eigenvalue weighted by Gasteiger charge is -2.22. The maximum atomic E-state index is 3.69. The van der Waals surface area contributed by atoms with E-state index in [2.05, 4.69) is 39.1 Å². The molecule has 0 heterocycles. The van der Waals surface area contributed by atoms with Crippen LogP contribution in [0, 0.1) is 11.8 Å². The SMILES string of the molecule is CCCNC(C=C(C)C)C1CCC(C)C1. The van der Waals surface area contributed by atoms with Gasteiger partial charge in [0.1, 0.15) is 0 Å². The predicted molar refractivity (Wildman–Crippen MR) is 68.0 cm³/mol. The molecule has 0 aromatic rings. The van der Waals surface area contributed by atoms with E-state index in [1.165, 1.54) is 31.3 Å². The van der Waals surface area contributed by atoms with Crippen LogP contribution < -0.4 is 5.32 Å². The monoisotopic (exact) mass is 209 g/mol. The fourth-order valence-corrected chi connectivity index (χ4v) is 2.61. The molecule has 0 bridgehead atoms. The molecule has 0 spiro atoms. The first-order chi connectivity index (χ1) is 7.13. The minimum Gasteiger partial charge on any atom is -0.310 e. The van der Waals surface area contributed by atoms with Gasteiger partial charge in [0.05, 0.1) is 0 Å². The normalized spacial score (nSPS) is 27.7. The fraction of sp³-hybridized carbons (Fsp3) is 0.857. The molecule has 1 saturated carbocycles. The molecule has 3 unspecified atom stereocenters. The third-order valence-electron chi connectivity index (χ3n) is 3.39. The van der Waals surface area contributed by atoms with Crippen LogP contribution >= 0.6 is 0 Å². The van der Waals surface area contributed by atoms with Gasteiger partial charge in [0.15, 0.2) is 0 Å². The van der Waals surface area contributed by atoms with Crippen molar-refractivity contribution in [3.8, 4) is 0 Å². The Morgan fingerprint density at radius 2 is 2.13 bits per heavy atom. The minimum atomic E-state index is 0.625. The van der Waals surface area contributed by atoms with Crippen molar-refractivity contribution in [1.29, 1.82) is 0 Å². The summed E-state index contributed by atoms with van der Waals surface area (Å²) < 4.78 is 0. The van der Waals surface area contributed by atoms with E-state index in [-0.39, 0.29) is 0 Å². The van der Waals surface area contributed by atoms with Crippen LogP contribution in [0.25, 0.3) is 0 Å². The largest absolute Gasteiger partial charge is 0.310 e. The van der Waals surface area contributed by atoms with E-state index >= 15 is 0 Å². The van der Waals surface area contributed by atoms with E-state index in [9.17, 15) is 0 Å². The number of allylic oxidation sites excluding steroid dienone is 1. The highest BCUT2D eigenvalue weighted by Crippen LogP contribution is 2.33. The van der Waals surface area contributed by atoms with Gasteiger partial charge in [-0.15, -0.1) is 0 Å². The molecule has 0 radical (unpaired) electrons. The fourth-order valence-electron chi connectivity index (χ4n) is 2.61. The molecule has 0 aromatic carbocycles. The van der Waals surface area contributed by atoms with Crippen molar-refractivity contribution in [1.82, 2.24) is 5.32 Å². The van der Waals surface area contributed by atoms with Crippen LogP contribution in [0.4, 0.5) is 0 Å². The molecule has 1 rings (SSSR count). The van der Waals surface area contributed by atoms with Crippen LogP contribution in [0.3, 0.4) is 0 Å². The van der Waals surface area contributed by atoms with Crippen LogP contribution in [-0.4, -0.2) is 12.6 Å². The lowest BCUT2D eigenvalue weighted by Crippen LogP contribution is -2.34. The molecule has 0 saturated heterocycles. The third-order valence-corrected chi connectivity index (χ3v) is 3.39. The smallest absolute Gasteiger partial charge is 0.0280 e. The maximum absolute atomic E-state index is 3.69. The Morgan fingerprint density at radius 3 is 2.60 bits per heavy atom. The highest BCUT2D eigenvalue weighted by molar-refractivity contribution is 5.04. The van der Waals surface area contributed by atoms with Crippen molar-refractivity contribution in [2.24, 2.45) is 11.8 Å². The summed E-state index contributed by atoms with van der Waals surface area (Å²) in [5.74, 6) is 1.81. The van der Waals surface area contributed by atoms with E-state index < -0.39 is 0 Å². The predicted octanol–water partition coefficient (Wildman–Crippen LogP) is 3.76. The Hall–Kier alpha value is -0.300. The zero-order chi connectivity index (χ0) is 11.3. The summed E-state index contributed by atoms with van der Waals surface area (Å²) in [6.07, 6.45) is 7.90. The second-order valence-corrected chi connectivity index (χ2v) is 5.40. The van der Waals surface area contributed by atoms with Crippen molar-refractivity contribution in [3.63, 3.8) is 0 Å². The maximum Gasteiger partial charge on any atom is 0.0280 e. The minimum absolute atomic E-state index is 0.625. The Bertz CT molecular complexity index is 203. The summed E-state index contributed by atoms with van der Waals surface area (Å²) in [5, 5.41) is 3.69. The molecule has 0 amide bonds. The number of hydrogen-bond donors (Lipinski definition) is 1. The molecular formula is C14H27N. The molecule has 88 valence electrons. The second-order valence-electron chi connectivity index (χ2n) is 5.40. The van der Waals surface area contributed by atoms with Gasteiger partial charge < -0.3 is 5.32 Å². The summed E-state index contributed by atoms with van der Waals surface area (Å²) in [7, 11) is 0. The van der Waals surface area contributed by atoms with Gasteiger partial charge in [-0.05, 0) is 51.5 Å². The van der Waals surface area contributed by atoms with Gasteiger partial charge in [-0.1, -0.05) is 31.9 Å². The standard InChI is InChI=1S/C14H27N/c1-5-8-15-14(9-11(2)3)13-7-6-12(4)10-13/h9,12-15H,5-8,10H2,1-4H3. The summed E-state index contributed by atoms with van der Waals surface area (Å²) in [5.41, 5.74) is 1.45. The van der Waals surface area contributed by atoms with Crippen molar-refractivity contribution in [2.75, 3.05) is 6.54 Å². The van der Waals surface area contributed by atoms with Gasteiger partial charge >= 0.3 is 0 Å². The van der Waals surface area contributed by atoms with Crippen LogP contribution in [0.2, 0.25) is 0 Å². The number of nitrogens with one attached hydrogen (secondary N) is 1. The van der Waals surface area contributed by atoms with Crippen molar-refractivity contribution >= 4 is 0 Å². The van der Waals surface area contributed by atoms with Gasteiger partial charge in [-0.2, -0.15) is 0 Å². The molecule has 1 nitrogen and oxygen atoms in total. The highest BCUT2D eigenvalue weighted by atomic mass is 14.9. The molecule has 1 N–H and O–H groups in total. The van der Waals surface area contributed by atoms with Gasteiger partial charge in [0.2, 0.25) is 0 Å². The molecular weight excluding hydrogens is 182 g/mol. The number of hydrogen-bond acceptors (Lipinski definition) is 1. The Labute approximate surface area is 95.3 Å². The average Bonchev–Trinajstić information content (AvgIpc) is 2.58. The molecule has 1 aliphatic carbocycles. The van der Waals surface area contributed by atoms with Crippen LogP contribution in [0.15, 0.2) is 11.6 Å². The first kappa shape index (κ1) is 12.8. The zero-order valence-electron chi connectivity index (χ0n) is 10.8. The van der Waals surface area contributed by atoms with E-state index in [1.54, 1.807) is 0 Å². The van der Waals surface area contributed by atoms with Gasteiger partial charge in [-0.3, -0.25) is 0 Å². The lowest BCUT2D eigenvalue weighted by atomic mass is 9.95. The molecule has 0 aliphatic heterocycles. The zero-order valence-corrected chi connectivity index (χ0v) is 10.8. The molecule has 1 aliphatic rings. The molecule has 0 aromatic heterocycles. The first-order valence-corrected chi connectivity index (χ1v) is 6.52. The molecule has 1 fully saturated rings. The Kier molecular flexibility index (Phi) is 5.38. The van der Waals surface area contributed by atoms with E-state index in [1.807, 2.05) is 0 Å². The molecule has 3 atom stereocenters. The summed E-state index contributed by atoms with van der Waals surface area (Å²) in [6, 6.07) is 0.625. The van der Waals surface area contributed by atoms with Crippen molar-refractivity contribution < 1.29 is 0 Å².